The summed E-state index contributed by atoms with van der Waals surface area (Å²) in [6.07, 6.45) is 4.58. The Morgan fingerprint density at radius 1 is 1.55 bits per heavy atom. The molecular weight excluding hydrogens is 278 g/mol. The molecule has 0 saturated carbocycles. The molecule has 0 bridgehead atoms. The van der Waals surface area contributed by atoms with Gasteiger partial charge in [-0.25, -0.2) is 13.4 Å². The Labute approximate surface area is 119 Å². The third kappa shape index (κ3) is 3.11. The average Bonchev–Trinajstić information content (AvgIpc) is 2.94. The van der Waals surface area contributed by atoms with Gasteiger partial charge in [0.1, 0.15) is 5.82 Å². The largest absolute Gasteiger partial charge is 0.396 e. The summed E-state index contributed by atoms with van der Waals surface area (Å²) < 4.78 is 26.9. The van der Waals surface area contributed by atoms with E-state index in [1.54, 1.807) is 17.4 Å². The van der Waals surface area contributed by atoms with Gasteiger partial charge < -0.3 is 10.4 Å². The molecule has 2 rings (SSSR count). The molecule has 7 heteroatoms. The summed E-state index contributed by atoms with van der Waals surface area (Å²) in [4.78, 5) is 4.31. The highest BCUT2D eigenvalue weighted by Crippen LogP contribution is 2.28. The van der Waals surface area contributed by atoms with Crippen LogP contribution in [0.15, 0.2) is 23.2 Å². The van der Waals surface area contributed by atoms with Gasteiger partial charge in [0.05, 0.1) is 4.90 Å². The normalized spacial score (nSPS) is 20.2. The molecule has 1 unspecified atom stereocenters. The molecule has 0 radical (unpaired) electrons. The van der Waals surface area contributed by atoms with Crippen molar-refractivity contribution < 1.29 is 13.5 Å². The van der Waals surface area contributed by atoms with Crippen LogP contribution in [0.1, 0.15) is 25.7 Å². The van der Waals surface area contributed by atoms with Gasteiger partial charge in [0.25, 0.3) is 0 Å². The Morgan fingerprint density at radius 3 is 3.05 bits per heavy atom. The van der Waals surface area contributed by atoms with Crippen LogP contribution in [0.3, 0.4) is 0 Å². The second kappa shape index (κ2) is 6.51. The molecule has 1 aliphatic rings. The molecule has 0 aliphatic carbocycles. The Morgan fingerprint density at radius 2 is 2.35 bits per heavy atom. The van der Waals surface area contributed by atoms with Gasteiger partial charge >= 0.3 is 0 Å². The van der Waals surface area contributed by atoms with Gasteiger partial charge in [0.2, 0.25) is 10.0 Å². The Kier molecular flexibility index (Phi) is 4.95. The number of hydrogen-bond donors (Lipinski definition) is 2. The Hall–Kier alpha value is -1.18. The fraction of sp³-hybridized carbons (Fsp3) is 0.615. The van der Waals surface area contributed by atoms with Gasteiger partial charge in [-0.3, -0.25) is 0 Å². The molecule has 0 amide bonds. The first-order valence-electron chi connectivity index (χ1n) is 6.86. The third-order valence-electron chi connectivity index (χ3n) is 3.61. The summed E-state index contributed by atoms with van der Waals surface area (Å²) in [6.45, 7) is 0.652. The van der Waals surface area contributed by atoms with Crippen LogP contribution >= 0.6 is 0 Å². The van der Waals surface area contributed by atoms with E-state index in [1.807, 2.05) is 0 Å². The van der Waals surface area contributed by atoms with Crippen molar-refractivity contribution in [3.63, 3.8) is 0 Å². The zero-order valence-electron chi connectivity index (χ0n) is 11.6. The number of aliphatic hydroxyl groups excluding tert-OH is 1. The van der Waals surface area contributed by atoms with E-state index in [2.05, 4.69) is 10.3 Å². The lowest BCUT2D eigenvalue weighted by Crippen LogP contribution is -2.35. The maximum absolute atomic E-state index is 12.7. The first-order valence-corrected chi connectivity index (χ1v) is 8.30. The van der Waals surface area contributed by atoms with Crippen molar-refractivity contribution in [2.24, 2.45) is 0 Å². The molecule has 2 heterocycles. The summed E-state index contributed by atoms with van der Waals surface area (Å²) in [5.41, 5.74) is 0. The molecule has 6 nitrogen and oxygen atoms in total. The first-order chi connectivity index (χ1) is 9.59. The minimum atomic E-state index is -3.48. The van der Waals surface area contributed by atoms with Crippen molar-refractivity contribution in [1.82, 2.24) is 9.29 Å². The number of nitrogens with one attached hydrogen (secondary N) is 1. The van der Waals surface area contributed by atoms with Crippen LogP contribution in [0.5, 0.6) is 0 Å². The van der Waals surface area contributed by atoms with Crippen molar-refractivity contribution >= 4 is 15.8 Å². The molecule has 112 valence electrons. The number of anilines is 1. The first kappa shape index (κ1) is 15.2. The second-order valence-corrected chi connectivity index (χ2v) is 6.79. The molecule has 0 spiro atoms. The number of sulfonamides is 1. The van der Waals surface area contributed by atoms with Crippen molar-refractivity contribution in [3.8, 4) is 0 Å². The Balaban J connectivity index is 2.24. The number of aliphatic hydroxyl groups is 1. The zero-order valence-corrected chi connectivity index (χ0v) is 12.4. The minimum Gasteiger partial charge on any atom is -0.396 e. The maximum Gasteiger partial charge on any atom is 0.243 e. The van der Waals surface area contributed by atoms with E-state index in [0.717, 1.165) is 12.8 Å². The molecule has 1 aromatic heterocycles. The summed E-state index contributed by atoms with van der Waals surface area (Å²) >= 11 is 0. The summed E-state index contributed by atoms with van der Waals surface area (Å²) in [5.74, 6) is 0.539. The van der Waals surface area contributed by atoms with E-state index in [9.17, 15) is 8.42 Å². The van der Waals surface area contributed by atoms with E-state index in [-0.39, 0.29) is 17.5 Å². The molecule has 0 aromatic carbocycles. The zero-order chi connectivity index (χ0) is 14.6. The van der Waals surface area contributed by atoms with E-state index in [4.69, 9.17) is 5.11 Å². The fourth-order valence-electron chi connectivity index (χ4n) is 2.58. The highest BCUT2D eigenvalue weighted by Gasteiger charge is 2.34. The number of aromatic nitrogens is 1. The summed E-state index contributed by atoms with van der Waals surface area (Å²) in [7, 11) is -1.77. The van der Waals surface area contributed by atoms with Gasteiger partial charge in [-0.15, -0.1) is 0 Å². The van der Waals surface area contributed by atoms with Crippen LogP contribution in [-0.2, 0) is 10.0 Å². The topological polar surface area (TPSA) is 82.5 Å². The molecule has 20 heavy (non-hydrogen) atoms. The molecule has 1 saturated heterocycles. The third-order valence-corrected chi connectivity index (χ3v) is 5.56. The molecular formula is C13H21N3O3S. The van der Waals surface area contributed by atoms with E-state index < -0.39 is 10.0 Å². The van der Waals surface area contributed by atoms with Crippen LogP contribution in [0.4, 0.5) is 5.82 Å². The van der Waals surface area contributed by atoms with Gasteiger partial charge in [-0.05, 0) is 31.7 Å². The van der Waals surface area contributed by atoms with E-state index in [1.165, 1.54) is 12.3 Å². The minimum absolute atomic E-state index is 0.00153. The Bertz CT molecular complexity index is 548. The van der Waals surface area contributed by atoms with Crippen molar-refractivity contribution in [1.29, 1.82) is 0 Å². The van der Waals surface area contributed by atoms with Gasteiger partial charge in [0.15, 0.2) is 0 Å². The van der Waals surface area contributed by atoms with Crippen molar-refractivity contribution in [2.75, 3.05) is 25.5 Å². The fourth-order valence-corrected chi connectivity index (χ4v) is 4.32. The quantitative estimate of drug-likeness (QED) is 0.820. The molecule has 1 aliphatic heterocycles. The molecule has 2 N–H and O–H groups in total. The number of pyridine rings is 1. The molecule has 1 aromatic rings. The average molecular weight is 299 g/mol. The van der Waals surface area contributed by atoms with E-state index in [0.29, 0.717) is 25.2 Å². The highest BCUT2D eigenvalue weighted by atomic mass is 32.2. The van der Waals surface area contributed by atoms with Crippen LogP contribution in [0.25, 0.3) is 0 Å². The number of rotatable bonds is 6. The lowest BCUT2D eigenvalue weighted by atomic mass is 10.1. The number of hydrogen-bond acceptors (Lipinski definition) is 5. The SMILES string of the molecule is CNc1cc(S(=O)(=O)N2CCCC2CCCO)ccn1. The predicted octanol–water partition coefficient (Wildman–Crippen LogP) is 1.05. The number of nitrogens with zero attached hydrogens (tertiary/aromatic N) is 2. The van der Waals surface area contributed by atoms with Crippen LogP contribution in [0, 0.1) is 0 Å². The second-order valence-electron chi connectivity index (χ2n) is 4.90. The summed E-state index contributed by atoms with van der Waals surface area (Å²) in [5, 5.41) is 11.8. The lowest BCUT2D eigenvalue weighted by Gasteiger charge is -2.24. The maximum atomic E-state index is 12.7. The predicted molar refractivity (Wildman–Crippen MR) is 77.0 cm³/mol. The van der Waals surface area contributed by atoms with Crippen LogP contribution in [0.2, 0.25) is 0 Å². The monoisotopic (exact) mass is 299 g/mol. The lowest BCUT2D eigenvalue weighted by molar-refractivity contribution is 0.264. The standard InChI is InChI=1S/C13H21N3O3S/c1-14-13-10-12(6-7-15-13)20(18,19)16-8-2-4-11(16)5-3-9-17/h6-7,10-11,17H,2-5,8-9H2,1H3,(H,14,15). The van der Waals surface area contributed by atoms with Crippen molar-refractivity contribution in [3.05, 3.63) is 18.3 Å². The van der Waals surface area contributed by atoms with Gasteiger partial charge in [-0.2, -0.15) is 4.31 Å². The van der Waals surface area contributed by atoms with Gasteiger partial charge in [0, 0.05) is 38.5 Å². The van der Waals surface area contributed by atoms with Gasteiger partial charge in [-0.1, -0.05) is 0 Å². The smallest absolute Gasteiger partial charge is 0.243 e. The molecule has 1 atom stereocenters. The molecule has 1 fully saturated rings. The van der Waals surface area contributed by atoms with Crippen molar-refractivity contribution in [2.45, 2.75) is 36.6 Å². The van der Waals surface area contributed by atoms with Crippen LogP contribution < -0.4 is 5.32 Å². The summed E-state index contributed by atoms with van der Waals surface area (Å²) in [6, 6.07) is 3.08. The van der Waals surface area contributed by atoms with E-state index >= 15 is 0 Å². The highest BCUT2D eigenvalue weighted by molar-refractivity contribution is 7.89. The van der Waals surface area contributed by atoms with Crippen LogP contribution in [-0.4, -0.2) is 49.1 Å².